The zero-order valence-electron chi connectivity index (χ0n) is 5.24. The fraction of sp³-hybridized carbons (Fsp3) is 0.500. The van der Waals surface area contributed by atoms with E-state index in [-0.39, 0.29) is 0 Å². The number of carbonyl (C=O) groups is 1. The largest absolute Gasteiger partial charge is 0.481 e. The van der Waals surface area contributed by atoms with Gasteiger partial charge in [-0.05, 0) is 6.92 Å². The van der Waals surface area contributed by atoms with Gasteiger partial charge in [0.2, 0.25) is 0 Å². The standard InChI is InChI=1S/C6H10O3/c1-3-5(4(2)7)6(8)9/h3-5,7H,1H2,2H3,(H,8,9)/t4-,5+/m1/s1. The van der Waals surface area contributed by atoms with Crippen LogP contribution in [0.1, 0.15) is 6.92 Å². The van der Waals surface area contributed by atoms with E-state index in [4.69, 9.17) is 10.2 Å². The number of aliphatic carboxylic acids is 1. The zero-order valence-corrected chi connectivity index (χ0v) is 5.24. The van der Waals surface area contributed by atoms with Crippen molar-refractivity contribution >= 4 is 5.97 Å². The molecule has 0 saturated heterocycles. The average Bonchev–Trinajstić information content (AvgIpc) is 1.64. The normalized spacial score (nSPS) is 16.2. The van der Waals surface area contributed by atoms with Crippen LogP contribution in [0.2, 0.25) is 0 Å². The molecule has 0 aromatic heterocycles. The van der Waals surface area contributed by atoms with Crippen LogP contribution in [0.5, 0.6) is 0 Å². The van der Waals surface area contributed by atoms with Crippen molar-refractivity contribution in [2.45, 2.75) is 13.0 Å². The van der Waals surface area contributed by atoms with Crippen LogP contribution in [0.3, 0.4) is 0 Å². The maximum Gasteiger partial charge on any atom is 0.312 e. The summed E-state index contributed by atoms with van der Waals surface area (Å²) in [5, 5.41) is 17.0. The van der Waals surface area contributed by atoms with Crippen molar-refractivity contribution < 1.29 is 15.0 Å². The van der Waals surface area contributed by atoms with Gasteiger partial charge in [0, 0.05) is 0 Å². The van der Waals surface area contributed by atoms with Crippen LogP contribution in [0.4, 0.5) is 0 Å². The highest BCUT2D eigenvalue weighted by Crippen LogP contribution is 2.03. The van der Waals surface area contributed by atoms with Gasteiger partial charge in [-0.25, -0.2) is 0 Å². The van der Waals surface area contributed by atoms with Gasteiger partial charge in [0.15, 0.2) is 0 Å². The summed E-state index contributed by atoms with van der Waals surface area (Å²) in [6.07, 6.45) is 0.354. The molecule has 0 aliphatic carbocycles. The predicted molar refractivity (Wildman–Crippen MR) is 33.0 cm³/mol. The summed E-state index contributed by atoms with van der Waals surface area (Å²) < 4.78 is 0. The second-order valence-electron chi connectivity index (χ2n) is 1.84. The molecule has 2 atom stereocenters. The molecule has 0 bridgehead atoms. The second kappa shape index (κ2) is 3.25. The number of carboxylic acid groups (broad SMARTS) is 1. The number of hydrogen-bond donors (Lipinski definition) is 2. The summed E-state index contributed by atoms with van der Waals surface area (Å²) in [4.78, 5) is 10.1. The summed E-state index contributed by atoms with van der Waals surface area (Å²) in [5.41, 5.74) is 0. The first-order valence-corrected chi connectivity index (χ1v) is 2.63. The fourth-order valence-corrected chi connectivity index (χ4v) is 0.504. The number of carboxylic acids is 1. The van der Waals surface area contributed by atoms with Crippen LogP contribution < -0.4 is 0 Å². The van der Waals surface area contributed by atoms with Crippen molar-refractivity contribution in [3.8, 4) is 0 Å². The zero-order chi connectivity index (χ0) is 7.44. The summed E-state index contributed by atoms with van der Waals surface area (Å²) in [7, 11) is 0. The lowest BCUT2D eigenvalue weighted by atomic mass is 10.1. The fourth-order valence-electron chi connectivity index (χ4n) is 0.504. The molecule has 52 valence electrons. The van der Waals surface area contributed by atoms with E-state index in [0.717, 1.165) is 0 Å². The minimum Gasteiger partial charge on any atom is -0.481 e. The van der Waals surface area contributed by atoms with Crippen LogP contribution in [0.25, 0.3) is 0 Å². The third-order valence-corrected chi connectivity index (χ3v) is 1.06. The first-order valence-electron chi connectivity index (χ1n) is 2.63. The van der Waals surface area contributed by atoms with Crippen LogP contribution in [0, 0.1) is 5.92 Å². The molecule has 2 N–H and O–H groups in total. The molecule has 0 aliphatic heterocycles. The van der Waals surface area contributed by atoms with E-state index >= 15 is 0 Å². The lowest BCUT2D eigenvalue weighted by Gasteiger charge is -2.08. The van der Waals surface area contributed by atoms with E-state index in [1.54, 1.807) is 0 Å². The van der Waals surface area contributed by atoms with Gasteiger partial charge in [0.1, 0.15) is 5.92 Å². The Bertz CT molecular complexity index is 117. The molecule has 0 radical (unpaired) electrons. The Morgan fingerprint density at radius 1 is 1.78 bits per heavy atom. The van der Waals surface area contributed by atoms with Gasteiger partial charge in [0.05, 0.1) is 6.10 Å². The van der Waals surface area contributed by atoms with E-state index in [1.165, 1.54) is 13.0 Å². The Balaban J connectivity index is 3.98. The van der Waals surface area contributed by atoms with Gasteiger partial charge in [-0.2, -0.15) is 0 Å². The van der Waals surface area contributed by atoms with Crippen molar-refractivity contribution in [1.82, 2.24) is 0 Å². The van der Waals surface area contributed by atoms with Crippen molar-refractivity contribution in [3.05, 3.63) is 12.7 Å². The number of rotatable bonds is 3. The summed E-state index contributed by atoms with van der Waals surface area (Å²) in [5.74, 6) is -1.88. The molecule has 0 spiro atoms. The molecule has 0 saturated carbocycles. The van der Waals surface area contributed by atoms with Crippen LogP contribution in [-0.4, -0.2) is 22.3 Å². The molecule has 0 rings (SSSR count). The van der Waals surface area contributed by atoms with Crippen LogP contribution in [-0.2, 0) is 4.79 Å². The van der Waals surface area contributed by atoms with Gasteiger partial charge in [-0.3, -0.25) is 4.79 Å². The Morgan fingerprint density at radius 2 is 2.22 bits per heavy atom. The molecular formula is C6H10O3. The number of aliphatic hydroxyl groups excluding tert-OH is 1. The molecule has 0 fully saturated rings. The lowest BCUT2D eigenvalue weighted by molar-refractivity contribution is -0.142. The first kappa shape index (κ1) is 8.17. The van der Waals surface area contributed by atoms with Gasteiger partial charge >= 0.3 is 5.97 Å². The highest BCUT2D eigenvalue weighted by molar-refractivity contribution is 5.72. The predicted octanol–water partition coefficient (Wildman–Crippen LogP) is 0.254. The minimum atomic E-state index is -1.04. The van der Waals surface area contributed by atoms with Crippen molar-refractivity contribution in [3.63, 3.8) is 0 Å². The molecule has 9 heavy (non-hydrogen) atoms. The molecule has 0 heterocycles. The highest BCUT2D eigenvalue weighted by atomic mass is 16.4. The molecular weight excluding hydrogens is 120 g/mol. The Kier molecular flexibility index (Phi) is 2.95. The van der Waals surface area contributed by atoms with Gasteiger partial charge in [-0.15, -0.1) is 6.58 Å². The van der Waals surface area contributed by atoms with Crippen molar-refractivity contribution in [2.24, 2.45) is 5.92 Å². The van der Waals surface area contributed by atoms with Crippen molar-refractivity contribution in [1.29, 1.82) is 0 Å². The Morgan fingerprint density at radius 3 is 2.22 bits per heavy atom. The molecule has 0 amide bonds. The quantitative estimate of drug-likeness (QED) is 0.538. The number of hydrogen-bond acceptors (Lipinski definition) is 2. The number of aliphatic hydroxyl groups is 1. The third-order valence-electron chi connectivity index (χ3n) is 1.06. The van der Waals surface area contributed by atoms with Crippen LogP contribution in [0.15, 0.2) is 12.7 Å². The third kappa shape index (κ3) is 2.28. The van der Waals surface area contributed by atoms with E-state index < -0.39 is 18.0 Å². The van der Waals surface area contributed by atoms with E-state index in [2.05, 4.69) is 6.58 Å². The van der Waals surface area contributed by atoms with E-state index in [0.29, 0.717) is 0 Å². The monoisotopic (exact) mass is 130 g/mol. The Labute approximate surface area is 53.6 Å². The maximum absolute atomic E-state index is 10.1. The summed E-state index contributed by atoms with van der Waals surface area (Å²) >= 11 is 0. The second-order valence-corrected chi connectivity index (χ2v) is 1.84. The minimum absolute atomic E-state index is 0.843. The molecule has 0 unspecified atom stereocenters. The maximum atomic E-state index is 10.1. The lowest BCUT2D eigenvalue weighted by Crippen LogP contribution is -2.22. The topological polar surface area (TPSA) is 57.5 Å². The summed E-state index contributed by atoms with van der Waals surface area (Å²) in [6, 6.07) is 0. The smallest absolute Gasteiger partial charge is 0.312 e. The van der Waals surface area contributed by atoms with Gasteiger partial charge in [-0.1, -0.05) is 6.08 Å². The first-order chi connectivity index (χ1) is 4.09. The molecule has 3 nitrogen and oxygen atoms in total. The molecule has 0 aromatic carbocycles. The van der Waals surface area contributed by atoms with E-state index in [1.807, 2.05) is 0 Å². The highest BCUT2D eigenvalue weighted by Gasteiger charge is 2.17. The SMILES string of the molecule is C=C[C@H](C(=O)O)[C@@H](C)O. The molecule has 0 aliphatic rings. The Hall–Kier alpha value is -0.830. The molecule has 3 heteroatoms. The molecule has 0 aromatic rings. The van der Waals surface area contributed by atoms with Gasteiger partial charge in [0.25, 0.3) is 0 Å². The van der Waals surface area contributed by atoms with Gasteiger partial charge < -0.3 is 10.2 Å². The van der Waals surface area contributed by atoms with Crippen LogP contribution >= 0.6 is 0 Å². The summed E-state index contributed by atoms with van der Waals surface area (Å²) in [6.45, 7) is 4.68. The van der Waals surface area contributed by atoms with Crippen molar-refractivity contribution in [2.75, 3.05) is 0 Å². The van der Waals surface area contributed by atoms with E-state index in [9.17, 15) is 4.79 Å². The average molecular weight is 130 g/mol.